The maximum atomic E-state index is 13.3. The van der Waals surface area contributed by atoms with E-state index in [2.05, 4.69) is 27.8 Å². The highest BCUT2D eigenvalue weighted by Gasteiger charge is 2.67. The number of aliphatic hydroxyl groups is 2. The van der Waals surface area contributed by atoms with E-state index in [1.54, 1.807) is 0 Å². The smallest absolute Gasteiger partial charge is 0.136 e. The first kappa shape index (κ1) is 22.0. The molecule has 180 valence electrons. The number of hydrogen-bond donors (Lipinski definition) is 2. The van der Waals surface area contributed by atoms with Crippen LogP contribution < -0.4 is 0 Å². The minimum atomic E-state index is -0.562. The van der Waals surface area contributed by atoms with Crippen LogP contribution in [0.5, 0.6) is 0 Å². The molecule has 0 spiro atoms. The second kappa shape index (κ2) is 7.04. The van der Waals surface area contributed by atoms with Crippen LogP contribution in [-0.4, -0.2) is 58.4 Å². The molecule has 32 heavy (non-hydrogen) atoms. The first-order valence-electron chi connectivity index (χ1n) is 13.8. The minimum Gasteiger partial charge on any atom is -0.393 e. The summed E-state index contributed by atoms with van der Waals surface area (Å²) < 4.78 is 1.07. The van der Waals surface area contributed by atoms with Crippen molar-refractivity contribution in [2.24, 2.45) is 52.8 Å². The zero-order chi connectivity index (χ0) is 22.6. The van der Waals surface area contributed by atoms with Crippen molar-refractivity contribution in [3.63, 3.8) is 0 Å². The molecule has 13 atom stereocenters. The standard InChI is InChI=1S/C28H46NO3/c1-16-5-8-26-28(3,32)22-7-6-18-19(21(22)15-29(26,4)14-16)12-23-20(18)13-25(31)24-11-17(30)9-10-27(23,24)2/h16-24,26,30,32H,5-15H2,1-4H3/q+1/t16-,17-,18+,19+,20-,21-,22+,23-,24+,26-,27+,28-,29-/m0/s1. The van der Waals surface area contributed by atoms with Gasteiger partial charge in [-0.1, -0.05) is 13.8 Å². The lowest BCUT2D eigenvalue weighted by Gasteiger charge is -2.62. The zero-order valence-corrected chi connectivity index (χ0v) is 20.8. The van der Waals surface area contributed by atoms with Crippen molar-refractivity contribution >= 4 is 5.78 Å². The van der Waals surface area contributed by atoms with Gasteiger partial charge >= 0.3 is 0 Å². The molecule has 4 aliphatic carbocycles. The lowest BCUT2D eigenvalue weighted by Crippen LogP contribution is -2.74. The quantitative estimate of drug-likeness (QED) is 0.555. The molecular weight excluding hydrogens is 398 g/mol. The number of carbonyl (C=O) groups excluding carboxylic acids is 1. The van der Waals surface area contributed by atoms with Crippen molar-refractivity contribution in [1.29, 1.82) is 0 Å². The predicted octanol–water partition coefficient (Wildman–Crippen LogP) is 4.03. The van der Waals surface area contributed by atoms with Gasteiger partial charge in [0.25, 0.3) is 0 Å². The maximum absolute atomic E-state index is 13.3. The number of quaternary nitrogens is 1. The van der Waals surface area contributed by atoms with Gasteiger partial charge < -0.3 is 14.7 Å². The van der Waals surface area contributed by atoms with Crippen LogP contribution in [0.25, 0.3) is 0 Å². The Hall–Kier alpha value is -0.450. The molecule has 2 heterocycles. The molecule has 4 heteroatoms. The van der Waals surface area contributed by atoms with Crippen LogP contribution in [0.15, 0.2) is 0 Å². The Balaban J connectivity index is 1.33. The molecule has 0 unspecified atom stereocenters. The molecule has 6 fully saturated rings. The third-order valence-electron chi connectivity index (χ3n) is 12.5. The molecule has 0 bridgehead atoms. The van der Waals surface area contributed by atoms with E-state index in [0.29, 0.717) is 53.8 Å². The number of aliphatic hydroxyl groups excluding tert-OH is 1. The van der Waals surface area contributed by atoms with E-state index in [1.807, 2.05) is 0 Å². The molecule has 0 amide bonds. The molecule has 0 radical (unpaired) electrons. The number of hydrogen-bond acceptors (Lipinski definition) is 3. The third kappa shape index (κ3) is 2.87. The van der Waals surface area contributed by atoms with Gasteiger partial charge in [-0.2, -0.15) is 0 Å². The monoisotopic (exact) mass is 444 g/mol. The van der Waals surface area contributed by atoms with Crippen LogP contribution in [0.4, 0.5) is 0 Å². The van der Waals surface area contributed by atoms with Crippen molar-refractivity contribution < 1.29 is 19.5 Å². The molecule has 4 nitrogen and oxygen atoms in total. The normalized spacial score (nSPS) is 61.8. The van der Waals surface area contributed by atoms with E-state index in [1.165, 1.54) is 38.8 Å². The Morgan fingerprint density at radius 2 is 1.69 bits per heavy atom. The molecule has 6 aliphatic rings. The van der Waals surface area contributed by atoms with Crippen molar-refractivity contribution in [2.45, 2.75) is 96.3 Å². The second-order valence-electron chi connectivity index (χ2n) is 14.1. The van der Waals surface area contributed by atoms with Crippen molar-refractivity contribution in [3.05, 3.63) is 0 Å². The zero-order valence-electron chi connectivity index (χ0n) is 20.8. The molecule has 4 saturated carbocycles. The summed E-state index contributed by atoms with van der Waals surface area (Å²) in [6.45, 7) is 9.44. The average Bonchev–Trinajstić information content (AvgIpc) is 3.08. The Morgan fingerprint density at radius 3 is 2.47 bits per heavy atom. The summed E-state index contributed by atoms with van der Waals surface area (Å²) in [4.78, 5) is 13.3. The molecule has 6 rings (SSSR count). The number of piperidine rings is 2. The number of fused-ring (bicyclic) bond motifs is 8. The summed E-state index contributed by atoms with van der Waals surface area (Å²) >= 11 is 0. The lowest BCUT2D eigenvalue weighted by atomic mass is 9.51. The average molecular weight is 445 g/mol. The molecule has 2 aliphatic heterocycles. The van der Waals surface area contributed by atoms with Crippen LogP contribution in [0.2, 0.25) is 0 Å². The van der Waals surface area contributed by atoms with Gasteiger partial charge in [-0.3, -0.25) is 4.79 Å². The fourth-order valence-corrected chi connectivity index (χ4v) is 11.3. The summed E-state index contributed by atoms with van der Waals surface area (Å²) in [7, 11) is 2.44. The van der Waals surface area contributed by atoms with E-state index in [9.17, 15) is 15.0 Å². The molecule has 0 aromatic heterocycles. The van der Waals surface area contributed by atoms with E-state index in [-0.39, 0.29) is 17.4 Å². The SMILES string of the molecule is C[C@H]1CC[C@H]2[C@@](C)(O)[C@@H]3CC[C@@H]4[C@@H](C[C@H]5[C@H]4CC(=O)[C@H]4C[C@@H](O)CC[C@@]45C)[C@@H]3C[N@+]2(C)C1. The van der Waals surface area contributed by atoms with Gasteiger partial charge in [0.05, 0.1) is 26.2 Å². The first-order valence-corrected chi connectivity index (χ1v) is 13.8. The van der Waals surface area contributed by atoms with Gasteiger partial charge in [-0.15, -0.1) is 0 Å². The third-order valence-corrected chi connectivity index (χ3v) is 12.5. The number of Topliss-reactive ketones (excluding diaryl/α,β-unsaturated/α-hetero) is 1. The Morgan fingerprint density at radius 1 is 0.906 bits per heavy atom. The largest absolute Gasteiger partial charge is 0.393 e. The summed E-state index contributed by atoms with van der Waals surface area (Å²) in [6.07, 6.45) is 9.13. The van der Waals surface area contributed by atoms with E-state index < -0.39 is 5.60 Å². The fraction of sp³-hybridized carbons (Fsp3) is 0.964. The van der Waals surface area contributed by atoms with Gasteiger partial charge in [0.15, 0.2) is 0 Å². The number of rotatable bonds is 0. The molecular formula is C28H46NO3+. The van der Waals surface area contributed by atoms with Gasteiger partial charge in [0, 0.05) is 36.5 Å². The van der Waals surface area contributed by atoms with Crippen molar-refractivity contribution in [1.82, 2.24) is 0 Å². The molecule has 0 aromatic carbocycles. The van der Waals surface area contributed by atoms with Crippen LogP contribution in [-0.2, 0) is 4.79 Å². The van der Waals surface area contributed by atoms with E-state index in [0.717, 1.165) is 36.1 Å². The van der Waals surface area contributed by atoms with Crippen LogP contribution >= 0.6 is 0 Å². The van der Waals surface area contributed by atoms with Crippen molar-refractivity contribution in [3.8, 4) is 0 Å². The van der Waals surface area contributed by atoms with Crippen LogP contribution in [0.1, 0.15) is 78.6 Å². The lowest BCUT2D eigenvalue weighted by molar-refractivity contribution is -0.959. The van der Waals surface area contributed by atoms with Gasteiger partial charge in [-0.05, 0) is 81.0 Å². The van der Waals surface area contributed by atoms with Gasteiger partial charge in [-0.25, -0.2) is 0 Å². The van der Waals surface area contributed by atoms with Gasteiger partial charge in [0.1, 0.15) is 17.4 Å². The second-order valence-corrected chi connectivity index (χ2v) is 14.1. The van der Waals surface area contributed by atoms with Crippen molar-refractivity contribution in [2.75, 3.05) is 20.1 Å². The Bertz CT molecular complexity index is 791. The van der Waals surface area contributed by atoms with Crippen LogP contribution in [0, 0.1) is 52.8 Å². The first-order chi connectivity index (χ1) is 15.0. The summed E-state index contributed by atoms with van der Waals surface area (Å²) in [5, 5.41) is 22.3. The minimum absolute atomic E-state index is 0.0785. The topological polar surface area (TPSA) is 57.5 Å². The van der Waals surface area contributed by atoms with Gasteiger partial charge in [0.2, 0.25) is 0 Å². The Kier molecular flexibility index (Phi) is 4.85. The summed E-state index contributed by atoms with van der Waals surface area (Å²) in [6, 6.07) is 0.392. The van der Waals surface area contributed by atoms with E-state index >= 15 is 0 Å². The predicted molar refractivity (Wildman–Crippen MR) is 125 cm³/mol. The number of nitrogens with zero attached hydrogens (tertiary/aromatic N) is 1. The highest BCUT2D eigenvalue weighted by Crippen LogP contribution is 2.67. The van der Waals surface area contributed by atoms with E-state index in [4.69, 9.17) is 0 Å². The van der Waals surface area contributed by atoms with Crippen LogP contribution in [0.3, 0.4) is 0 Å². The molecule has 0 aromatic rings. The summed E-state index contributed by atoms with van der Waals surface area (Å²) in [5.74, 6) is 4.87. The fourth-order valence-electron chi connectivity index (χ4n) is 11.3. The Labute approximate surface area is 194 Å². The molecule has 2 N–H and O–H groups in total. The number of carbonyl (C=O) groups is 1. The summed E-state index contributed by atoms with van der Waals surface area (Å²) in [5.41, 5.74) is -0.475. The number of likely N-dealkylation sites (N-methyl/N-ethyl adjacent to an activating group) is 1. The molecule has 2 saturated heterocycles. The highest BCUT2D eigenvalue weighted by atomic mass is 16.3. The number of ketones is 1. The highest BCUT2D eigenvalue weighted by molar-refractivity contribution is 5.83. The maximum Gasteiger partial charge on any atom is 0.136 e.